The van der Waals surface area contributed by atoms with Crippen LogP contribution in [0.25, 0.3) is 11.3 Å². The van der Waals surface area contributed by atoms with Crippen molar-refractivity contribution in [3.8, 4) is 11.3 Å². The number of benzene rings is 2. The first-order valence-electron chi connectivity index (χ1n) is 8.31. The predicted molar refractivity (Wildman–Crippen MR) is 91.4 cm³/mol. The minimum atomic E-state index is -0.289. The average molecular weight is 336 g/mol. The van der Waals surface area contributed by atoms with Gasteiger partial charge in [-0.3, -0.25) is 4.79 Å². The number of likely N-dealkylation sites (tertiary alicyclic amines) is 1. The molecule has 2 aromatic carbocycles. The van der Waals surface area contributed by atoms with Crippen molar-refractivity contribution in [1.82, 2.24) is 10.1 Å². The van der Waals surface area contributed by atoms with Gasteiger partial charge in [0.2, 0.25) is 5.76 Å². The molecule has 1 fully saturated rings. The molecule has 0 aliphatic carbocycles. The summed E-state index contributed by atoms with van der Waals surface area (Å²) in [5.41, 5.74) is 2.34. The highest BCUT2D eigenvalue weighted by atomic mass is 19.1. The van der Waals surface area contributed by atoms with Crippen molar-refractivity contribution in [2.24, 2.45) is 0 Å². The maximum Gasteiger partial charge on any atom is 0.292 e. The highest BCUT2D eigenvalue weighted by Gasteiger charge is 2.32. The lowest BCUT2D eigenvalue weighted by Crippen LogP contribution is -2.30. The normalized spacial score (nSPS) is 17.0. The molecular weight excluding hydrogens is 319 g/mol. The van der Waals surface area contributed by atoms with E-state index in [1.165, 1.54) is 12.1 Å². The number of amides is 1. The Morgan fingerprint density at radius 1 is 1.12 bits per heavy atom. The summed E-state index contributed by atoms with van der Waals surface area (Å²) in [6, 6.07) is 17.5. The number of nitrogens with zero attached hydrogens (tertiary/aromatic N) is 2. The molecule has 25 heavy (non-hydrogen) atoms. The fourth-order valence-corrected chi connectivity index (χ4v) is 3.33. The van der Waals surface area contributed by atoms with Crippen LogP contribution in [-0.2, 0) is 0 Å². The summed E-state index contributed by atoms with van der Waals surface area (Å²) in [6.45, 7) is 0.626. The summed E-state index contributed by atoms with van der Waals surface area (Å²) in [4.78, 5) is 14.6. The standard InChI is InChI=1S/C20H17FN2O2/c21-16-9-4-8-15(12-16)18-10-5-11-23(18)20(24)19-13-17(22-25-19)14-6-2-1-3-7-14/h1-4,6-9,12-13,18H,5,10-11H2. The van der Waals surface area contributed by atoms with Crippen molar-refractivity contribution in [3.63, 3.8) is 0 Å². The number of carbonyl (C=O) groups is 1. The second kappa shape index (κ2) is 6.51. The first-order chi connectivity index (χ1) is 12.2. The Balaban J connectivity index is 1.59. The Hall–Kier alpha value is -2.95. The van der Waals surface area contributed by atoms with Crippen molar-refractivity contribution in [2.45, 2.75) is 18.9 Å². The van der Waals surface area contributed by atoms with E-state index in [1.54, 1.807) is 17.0 Å². The molecule has 1 aliphatic rings. The van der Waals surface area contributed by atoms with Crippen LogP contribution < -0.4 is 0 Å². The maximum absolute atomic E-state index is 13.5. The monoisotopic (exact) mass is 336 g/mol. The summed E-state index contributed by atoms with van der Waals surface area (Å²) in [5, 5.41) is 4.01. The molecule has 0 radical (unpaired) electrons. The molecule has 1 aliphatic heterocycles. The summed E-state index contributed by atoms with van der Waals surface area (Å²) >= 11 is 0. The molecule has 2 heterocycles. The molecule has 0 spiro atoms. The van der Waals surface area contributed by atoms with Crippen LogP contribution in [0.3, 0.4) is 0 Å². The van der Waals surface area contributed by atoms with Gasteiger partial charge >= 0.3 is 0 Å². The first-order valence-corrected chi connectivity index (χ1v) is 8.31. The van der Waals surface area contributed by atoms with Crippen LogP contribution in [0.4, 0.5) is 4.39 Å². The summed E-state index contributed by atoms with van der Waals surface area (Å²) in [5.74, 6) is -0.286. The van der Waals surface area contributed by atoms with E-state index in [9.17, 15) is 9.18 Å². The lowest BCUT2D eigenvalue weighted by molar-refractivity contribution is 0.0693. The Kier molecular flexibility index (Phi) is 4.06. The number of carbonyl (C=O) groups excluding carboxylic acids is 1. The Morgan fingerprint density at radius 3 is 2.76 bits per heavy atom. The van der Waals surface area contributed by atoms with Gasteiger partial charge in [-0.05, 0) is 30.5 Å². The van der Waals surface area contributed by atoms with Crippen LogP contribution in [0.5, 0.6) is 0 Å². The molecule has 1 aromatic heterocycles. The Labute approximate surface area is 144 Å². The van der Waals surface area contributed by atoms with Crippen molar-refractivity contribution in [2.75, 3.05) is 6.54 Å². The lowest BCUT2D eigenvalue weighted by atomic mass is 10.0. The molecule has 3 aromatic rings. The molecule has 1 unspecified atom stereocenters. The van der Waals surface area contributed by atoms with Gasteiger partial charge in [0.15, 0.2) is 0 Å². The third kappa shape index (κ3) is 3.05. The van der Waals surface area contributed by atoms with Crippen molar-refractivity contribution >= 4 is 5.91 Å². The van der Waals surface area contributed by atoms with E-state index in [0.717, 1.165) is 24.0 Å². The number of halogens is 1. The molecule has 4 rings (SSSR count). The van der Waals surface area contributed by atoms with Gasteiger partial charge in [-0.2, -0.15) is 0 Å². The average Bonchev–Trinajstić information content (AvgIpc) is 3.32. The van der Waals surface area contributed by atoms with Crippen LogP contribution in [0.2, 0.25) is 0 Å². The largest absolute Gasteiger partial charge is 0.350 e. The van der Waals surface area contributed by atoms with Gasteiger partial charge < -0.3 is 9.42 Å². The van der Waals surface area contributed by atoms with Gasteiger partial charge in [-0.25, -0.2) is 4.39 Å². The van der Waals surface area contributed by atoms with Gasteiger partial charge in [0, 0.05) is 18.2 Å². The van der Waals surface area contributed by atoms with E-state index in [-0.39, 0.29) is 23.5 Å². The van der Waals surface area contributed by atoms with E-state index in [2.05, 4.69) is 5.16 Å². The van der Waals surface area contributed by atoms with Crippen molar-refractivity contribution in [3.05, 3.63) is 77.8 Å². The molecule has 1 atom stereocenters. The number of hydrogen-bond acceptors (Lipinski definition) is 3. The third-order valence-corrected chi connectivity index (χ3v) is 4.54. The zero-order valence-electron chi connectivity index (χ0n) is 13.6. The summed E-state index contributed by atoms with van der Waals surface area (Å²) < 4.78 is 18.8. The molecule has 1 amide bonds. The quantitative estimate of drug-likeness (QED) is 0.709. The van der Waals surface area contributed by atoms with Gasteiger partial charge in [-0.1, -0.05) is 47.6 Å². The molecule has 0 bridgehead atoms. The maximum atomic E-state index is 13.5. The van der Waals surface area contributed by atoms with Gasteiger partial charge in [0.1, 0.15) is 11.5 Å². The molecular formula is C20H17FN2O2. The lowest BCUT2D eigenvalue weighted by Gasteiger charge is -2.23. The van der Waals surface area contributed by atoms with Crippen LogP contribution in [-0.4, -0.2) is 22.5 Å². The molecule has 0 saturated carbocycles. The molecule has 1 saturated heterocycles. The minimum absolute atomic E-state index is 0.131. The first kappa shape index (κ1) is 15.6. The third-order valence-electron chi connectivity index (χ3n) is 4.54. The van der Waals surface area contributed by atoms with Crippen LogP contribution in [0.15, 0.2) is 65.2 Å². The van der Waals surface area contributed by atoms with Crippen LogP contribution >= 0.6 is 0 Å². The zero-order chi connectivity index (χ0) is 17.2. The number of aromatic nitrogens is 1. The fourth-order valence-electron chi connectivity index (χ4n) is 3.33. The van der Waals surface area contributed by atoms with Gasteiger partial charge in [-0.15, -0.1) is 0 Å². The van der Waals surface area contributed by atoms with E-state index >= 15 is 0 Å². The highest BCUT2D eigenvalue weighted by molar-refractivity contribution is 5.93. The summed E-state index contributed by atoms with van der Waals surface area (Å²) in [6.07, 6.45) is 1.70. The zero-order valence-corrected chi connectivity index (χ0v) is 13.6. The van der Waals surface area contributed by atoms with E-state index in [1.807, 2.05) is 36.4 Å². The van der Waals surface area contributed by atoms with Gasteiger partial charge in [0.05, 0.1) is 6.04 Å². The highest BCUT2D eigenvalue weighted by Crippen LogP contribution is 2.33. The smallest absolute Gasteiger partial charge is 0.292 e. The molecule has 0 N–H and O–H groups in total. The Bertz CT molecular complexity index is 891. The van der Waals surface area contributed by atoms with Gasteiger partial charge in [0.25, 0.3) is 5.91 Å². The van der Waals surface area contributed by atoms with Crippen molar-refractivity contribution in [1.29, 1.82) is 0 Å². The van der Waals surface area contributed by atoms with E-state index in [0.29, 0.717) is 12.2 Å². The van der Waals surface area contributed by atoms with Crippen molar-refractivity contribution < 1.29 is 13.7 Å². The second-order valence-corrected chi connectivity index (χ2v) is 6.15. The van der Waals surface area contributed by atoms with E-state index < -0.39 is 0 Å². The van der Waals surface area contributed by atoms with Crippen LogP contribution in [0, 0.1) is 5.82 Å². The molecule has 5 heteroatoms. The SMILES string of the molecule is O=C(c1cc(-c2ccccc2)no1)N1CCCC1c1cccc(F)c1. The second-order valence-electron chi connectivity index (χ2n) is 6.15. The Morgan fingerprint density at radius 2 is 1.96 bits per heavy atom. The molecule has 4 nitrogen and oxygen atoms in total. The fraction of sp³-hybridized carbons (Fsp3) is 0.200. The minimum Gasteiger partial charge on any atom is -0.350 e. The topological polar surface area (TPSA) is 46.3 Å². The predicted octanol–water partition coefficient (Wildman–Crippen LogP) is 4.46. The number of hydrogen-bond donors (Lipinski definition) is 0. The molecule has 126 valence electrons. The summed E-state index contributed by atoms with van der Waals surface area (Å²) in [7, 11) is 0. The van der Waals surface area contributed by atoms with Crippen LogP contribution in [0.1, 0.15) is 35.0 Å². The number of rotatable bonds is 3. The van der Waals surface area contributed by atoms with E-state index in [4.69, 9.17) is 4.52 Å².